The molecule has 1 aromatic rings. The molecular formula is C12H13ClFNO3. The molecule has 6 heteroatoms. The second-order valence-corrected chi connectivity index (χ2v) is 4.21. The zero-order valence-corrected chi connectivity index (χ0v) is 10.3. The molecular weight excluding hydrogens is 261 g/mol. The summed E-state index contributed by atoms with van der Waals surface area (Å²) in [7, 11) is 0. The minimum atomic E-state index is -0.890. The van der Waals surface area contributed by atoms with Gasteiger partial charge in [0.2, 0.25) is 5.91 Å². The number of nitrogens with one attached hydrogen (secondary N) is 1. The Morgan fingerprint density at radius 1 is 1.28 bits per heavy atom. The van der Waals surface area contributed by atoms with Gasteiger partial charge in [0.05, 0.1) is 5.69 Å². The van der Waals surface area contributed by atoms with Gasteiger partial charge in [-0.15, -0.1) is 0 Å². The second-order valence-electron chi connectivity index (χ2n) is 3.77. The standard InChI is InChI=1S/C12H13ClFNO3/c13-8-5-6-10(9(14)7-8)15-11(16)3-1-2-4-12(17)18/h5-7H,1-4H2,(H,15,16)(H,17,18). The van der Waals surface area contributed by atoms with Crippen LogP contribution in [0.1, 0.15) is 25.7 Å². The number of unbranched alkanes of at least 4 members (excludes halogenated alkanes) is 1. The molecule has 1 aromatic carbocycles. The van der Waals surface area contributed by atoms with E-state index in [-0.39, 0.29) is 29.5 Å². The van der Waals surface area contributed by atoms with Crippen molar-refractivity contribution in [2.45, 2.75) is 25.7 Å². The number of carbonyl (C=O) groups excluding carboxylic acids is 1. The number of hydrogen-bond donors (Lipinski definition) is 2. The third-order valence-electron chi connectivity index (χ3n) is 2.25. The predicted molar refractivity (Wildman–Crippen MR) is 66.1 cm³/mol. The van der Waals surface area contributed by atoms with Gasteiger partial charge >= 0.3 is 5.97 Å². The Bertz CT molecular complexity index is 451. The van der Waals surface area contributed by atoms with Gasteiger partial charge in [-0.2, -0.15) is 0 Å². The van der Waals surface area contributed by atoms with E-state index in [0.717, 1.165) is 6.07 Å². The first-order valence-corrected chi connectivity index (χ1v) is 5.83. The van der Waals surface area contributed by atoms with Crippen LogP contribution in [0.2, 0.25) is 5.02 Å². The molecule has 1 rings (SSSR count). The molecule has 2 N–H and O–H groups in total. The lowest BCUT2D eigenvalue weighted by atomic mass is 10.2. The van der Waals surface area contributed by atoms with Crippen LogP contribution in [0.4, 0.5) is 10.1 Å². The molecule has 0 spiro atoms. The quantitative estimate of drug-likeness (QED) is 0.783. The summed E-state index contributed by atoms with van der Waals surface area (Å²) in [5.41, 5.74) is 0.0719. The first-order valence-electron chi connectivity index (χ1n) is 5.45. The molecule has 0 fully saturated rings. The van der Waals surface area contributed by atoms with Gasteiger partial charge in [0.25, 0.3) is 0 Å². The number of aliphatic carboxylic acids is 1. The van der Waals surface area contributed by atoms with Crippen LogP contribution in [0.5, 0.6) is 0 Å². The fourth-order valence-electron chi connectivity index (χ4n) is 1.37. The molecule has 0 aliphatic rings. The van der Waals surface area contributed by atoms with Crippen molar-refractivity contribution in [2.75, 3.05) is 5.32 Å². The van der Waals surface area contributed by atoms with Crippen molar-refractivity contribution in [3.8, 4) is 0 Å². The molecule has 0 atom stereocenters. The highest BCUT2D eigenvalue weighted by molar-refractivity contribution is 6.30. The van der Waals surface area contributed by atoms with E-state index in [9.17, 15) is 14.0 Å². The largest absolute Gasteiger partial charge is 0.481 e. The lowest BCUT2D eigenvalue weighted by Gasteiger charge is -2.06. The Kier molecular flexibility index (Phi) is 5.58. The van der Waals surface area contributed by atoms with Crippen LogP contribution in [0.3, 0.4) is 0 Å². The summed E-state index contributed by atoms with van der Waals surface area (Å²) < 4.78 is 13.3. The highest BCUT2D eigenvalue weighted by atomic mass is 35.5. The van der Waals surface area contributed by atoms with Gasteiger partial charge in [-0.3, -0.25) is 9.59 Å². The molecule has 0 aromatic heterocycles. The van der Waals surface area contributed by atoms with Crippen LogP contribution in [0.15, 0.2) is 18.2 Å². The van der Waals surface area contributed by atoms with Crippen molar-refractivity contribution in [1.29, 1.82) is 0 Å². The monoisotopic (exact) mass is 273 g/mol. The van der Waals surface area contributed by atoms with Gasteiger partial charge in [-0.1, -0.05) is 11.6 Å². The first kappa shape index (κ1) is 14.4. The lowest BCUT2D eigenvalue weighted by molar-refractivity contribution is -0.137. The molecule has 0 unspecified atom stereocenters. The van der Waals surface area contributed by atoms with Crippen LogP contribution in [-0.4, -0.2) is 17.0 Å². The van der Waals surface area contributed by atoms with E-state index in [1.165, 1.54) is 12.1 Å². The predicted octanol–water partition coefficient (Wildman–Crippen LogP) is 3.06. The van der Waals surface area contributed by atoms with E-state index in [1.54, 1.807) is 0 Å². The van der Waals surface area contributed by atoms with E-state index in [4.69, 9.17) is 16.7 Å². The maximum Gasteiger partial charge on any atom is 0.303 e. The number of anilines is 1. The van der Waals surface area contributed by atoms with E-state index < -0.39 is 11.8 Å². The summed E-state index contributed by atoms with van der Waals surface area (Å²) >= 11 is 5.58. The van der Waals surface area contributed by atoms with Crippen molar-refractivity contribution < 1.29 is 19.1 Å². The maximum atomic E-state index is 13.3. The van der Waals surface area contributed by atoms with Gasteiger partial charge in [-0.25, -0.2) is 4.39 Å². The molecule has 0 bridgehead atoms. The van der Waals surface area contributed by atoms with Crippen LogP contribution in [0, 0.1) is 5.82 Å². The van der Waals surface area contributed by atoms with Gasteiger partial charge in [-0.05, 0) is 31.0 Å². The van der Waals surface area contributed by atoms with Crippen molar-refractivity contribution in [2.24, 2.45) is 0 Å². The van der Waals surface area contributed by atoms with Gasteiger partial charge in [0.1, 0.15) is 5.82 Å². The summed E-state index contributed by atoms with van der Waals surface area (Å²) in [5, 5.41) is 11.1. The smallest absolute Gasteiger partial charge is 0.303 e. The Labute approximate surface area is 109 Å². The fourth-order valence-corrected chi connectivity index (χ4v) is 1.52. The molecule has 0 saturated carbocycles. The lowest BCUT2D eigenvalue weighted by Crippen LogP contribution is -2.12. The average molecular weight is 274 g/mol. The highest BCUT2D eigenvalue weighted by Gasteiger charge is 2.07. The van der Waals surface area contributed by atoms with Gasteiger partial charge in [0, 0.05) is 17.9 Å². The SMILES string of the molecule is O=C(O)CCCCC(=O)Nc1ccc(Cl)cc1F. The van der Waals surface area contributed by atoms with Crippen molar-refractivity contribution >= 4 is 29.2 Å². The molecule has 18 heavy (non-hydrogen) atoms. The topological polar surface area (TPSA) is 66.4 Å². The van der Waals surface area contributed by atoms with Crippen molar-refractivity contribution in [1.82, 2.24) is 0 Å². The molecule has 0 saturated heterocycles. The maximum absolute atomic E-state index is 13.3. The zero-order chi connectivity index (χ0) is 13.5. The number of benzene rings is 1. The van der Waals surface area contributed by atoms with E-state index in [1.807, 2.05) is 0 Å². The van der Waals surface area contributed by atoms with Crippen molar-refractivity contribution in [3.63, 3.8) is 0 Å². The number of carboxylic acids is 1. The van der Waals surface area contributed by atoms with E-state index in [2.05, 4.69) is 5.32 Å². The van der Waals surface area contributed by atoms with Gasteiger partial charge in [0.15, 0.2) is 0 Å². The van der Waals surface area contributed by atoms with E-state index >= 15 is 0 Å². The summed E-state index contributed by atoms with van der Waals surface area (Å²) in [6.07, 6.45) is 1.07. The third kappa shape index (κ3) is 5.14. The minimum Gasteiger partial charge on any atom is -0.481 e. The summed E-state index contributed by atoms with van der Waals surface area (Å²) in [6.45, 7) is 0. The fraction of sp³-hybridized carbons (Fsp3) is 0.333. The number of hydrogen-bond acceptors (Lipinski definition) is 2. The number of carbonyl (C=O) groups is 2. The van der Waals surface area contributed by atoms with E-state index in [0.29, 0.717) is 12.8 Å². The number of halogens is 2. The summed E-state index contributed by atoms with van der Waals surface area (Å²) in [6, 6.07) is 3.97. The Hall–Kier alpha value is -1.62. The van der Waals surface area contributed by atoms with Crippen LogP contribution in [0.25, 0.3) is 0 Å². The highest BCUT2D eigenvalue weighted by Crippen LogP contribution is 2.19. The molecule has 4 nitrogen and oxygen atoms in total. The number of carboxylic acid groups (broad SMARTS) is 1. The summed E-state index contributed by atoms with van der Waals surface area (Å²) in [4.78, 5) is 21.7. The Morgan fingerprint density at radius 2 is 1.94 bits per heavy atom. The average Bonchev–Trinajstić information content (AvgIpc) is 2.28. The molecule has 0 heterocycles. The first-order chi connectivity index (χ1) is 8.49. The number of amides is 1. The Balaban J connectivity index is 2.38. The third-order valence-corrected chi connectivity index (χ3v) is 2.48. The van der Waals surface area contributed by atoms with Crippen LogP contribution < -0.4 is 5.32 Å². The number of rotatable bonds is 6. The molecule has 1 amide bonds. The zero-order valence-electron chi connectivity index (χ0n) is 9.58. The van der Waals surface area contributed by atoms with Crippen LogP contribution in [-0.2, 0) is 9.59 Å². The normalized spacial score (nSPS) is 10.1. The van der Waals surface area contributed by atoms with Crippen LogP contribution >= 0.6 is 11.6 Å². The molecule has 98 valence electrons. The molecule has 0 aliphatic carbocycles. The van der Waals surface area contributed by atoms with Crippen molar-refractivity contribution in [3.05, 3.63) is 29.0 Å². The summed E-state index contributed by atoms with van der Waals surface area (Å²) in [5.74, 6) is -1.83. The van der Waals surface area contributed by atoms with Gasteiger partial charge < -0.3 is 10.4 Å². The minimum absolute atomic E-state index is 0.0303. The molecule has 0 aliphatic heterocycles. The Morgan fingerprint density at radius 3 is 2.56 bits per heavy atom. The second kappa shape index (κ2) is 6.96. The molecule has 0 radical (unpaired) electrons.